The highest BCUT2D eigenvalue weighted by atomic mass is 14.9. The molecule has 0 unspecified atom stereocenters. The Hall–Kier alpha value is -2.02. The molecule has 0 amide bonds. The molecule has 1 nitrogen and oxygen atoms in total. The van der Waals surface area contributed by atoms with Gasteiger partial charge in [-0.05, 0) is 23.8 Å². The molecule has 16 heavy (non-hydrogen) atoms. The van der Waals surface area contributed by atoms with Crippen LogP contribution in [0, 0.1) is 6.07 Å². The molecule has 0 bridgehead atoms. The summed E-state index contributed by atoms with van der Waals surface area (Å²) in [6.45, 7) is 0.919. The monoisotopic (exact) mass is 206 g/mol. The Balaban J connectivity index is 2.01. The number of nitrogens with zero attached hydrogens (tertiary/aromatic N) is 1. The van der Waals surface area contributed by atoms with Crippen molar-refractivity contribution >= 4 is 10.9 Å². The highest BCUT2D eigenvalue weighted by Gasteiger charge is 2.00. The van der Waals surface area contributed by atoms with Gasteiger partial charge in [0.15, 0.2) is 0 Å². The fraction of sp³-hybridized carbons (Fsp3) is 0.0667. The van der Waals surface area contributed by atoms with Crippen LogP contribution >= 0.6 is 0 Å². The molecule has 2 aromatic carbocycles. The number of rotatable bonds is 2. The Morgan fingerprint density at radius 2 is 1.81 bits per heavy atom. The van der Waals surface area contributed by atoms with Crippen molar-refractivity contribution in [1.29, 1.82) is 0 Å². The lowest BCUT2D eigenvalue weighted by Gasteiger charge is -2.05. The molecule has 0 saturated heterocycles. The minimum absolute atomic E-state index is 0.919. The molecule has 0 N–H and O–H groups in total. The molecule has 1 aromatic heterocycles. The van der Waals surface area contributed by atoms with Crippen LogP contribution in [0.15, 0.2) is 60.8 Å². The zero-order valence-corrected chi connectivity index (χ0v) is 8.93. The molecule has 0 aliphatic rings. The van der Waals surface area contributed by atoms with Crippen LogP contribution in [0.25, 0.3) is 10.9 Å². The van der Waals surface area contributed by atoms with Crippen molar-refractivity contribution in [3.05, 3.63) is 72.4 Å². The van der Waals surface area contributed by atoms with E-state index >= 15 is 0 Å². The van der Waals surface area contributed by atoms with Gasteiger partial charge in [-0.25, -0.2) is 0 Å². The maximum atomic E-state index is 3.24. The standard InChI is InChI=1S/C15H12N/c1-2-6-13(7-3-1)12-16-11-10-14-8-4-5-9-15(14)16/h1-7,9-11H,12H2. The number of hydrogen-bond donors (Lipinski definition) is 0. The number of benzene rings is 2. The third-order valence-corrected chi connectivity index (χ3v) is 2.79. The lowest BCUT2D eigenvalue weighted by atomic mass is 10.2. The smallest absolute Gasteiger partial charge is 0.0489 e. The number of hydrogen-bond acceptors (Lipinski definition) is 0. The second-order valence-corrected chi connectivity index (χ2v) is 3.90. The summed E-state index contributed by atoms with van der Waals surface area (Å²) in [6, 6.07) is 22.0. The van der Waals surface area contributed by atoms with Gasteiger partial charge in [-0.3, -0.25) is 0 Å². The Morgan fingerprint density at radius 1 is 0.938 bits per heavy atom. The minimum Gasteiger partial charge on any atom is -0.343 e. The molecule has 1 heteroatoms. The molecule has 1 radical (unpaired) electrons. The molecule has 0 aliphatic heterocycles. The van der Waals surface area contributed by atoms with Crippen molar-refractivity contribution in [1.82, 2.24) is 4.57 Å². The predicted molar refractivity (Wildman–Crippen MR) is 66.3 cm³/mol. The fourth-order valence-corrected chi connectivity index (χ4v) is 1.99. The Kier molecular flexibility index (Phi) is 2.22. The van der Waals surface area contributed by atoms with Crippen LogP contribution in [0.3, 0.4) is 0 Å². The van der Waals surface area contributed by atoms with Gasteiger partial charge in [-0.1, -0.05) is 42.5 Å². The third kappa shape index (κ3) is 1.61. The molecule has 3 aromatic rings. The SMILES string of the molecule is [c]1cccc2c1ccn2Cc1ccccc1. The third-order valence-electron chi connectivity index (χ3n) is 2.79. The van der Waals surface area contributed by atoms with Gasteiger partial charge in [-0.15, -0.1) is 0 Å². The maximum Gasteiger partial charge on any atom is 0.0489 e. The first kappa shape index (κ1) is 9.22. The van der Waals surface area contributed by atoms with E-state index in [2.05, 4.69) is 53.2 Å². The predicted octanol–water partition coefficient (Wildman–Crippen LogP) is 3.49. The lowest BCUT2D eigenvalue weighted by Crippen LogP contribution is -1.96. The summed E-state index contributed by atoms with van der Waals surface area (Å²) >= 11 is 0. The molecule has 0 spiro atoms. The van der Waals surface area contributed by atoms with E-state index in [1.807, 2.05) is 18.2 Å². The first-order chi connectivity index (χ1) is 7.93. The zero-order chi connectivity index (χ0) is 10.8. The lowest BCUT2D eigenvalue weighted by molar-refractivity contribution is 0.837. The Morgan fingerprint density at radius 3 is 2.69 bits per heavy atom. The first-order valence-electron chi connectivity index (χ1n) is 5.43. The van der Waals surface area contributed by atoms with Crippen LogP contribution in [0.5, 0.6) is 0 Å². The van der Waals surface area contributed by atoms with Crippen LogP contribution < -0.4 is 0 Å². The molecule has 0 saturated carbocycles. The summed E-state index contributed by atoms with van der Waals surface area (Å²) in [5.41, 5.74) is 2.57. The average Bonchev–Trinajstić information content (AvgIpc) is 2.74. The normalized spacial score (nSPS) is 10.8. The van der Waals surface area contributed by atoms with E-state index in [-0.39, 0.29) is 0 Å². The van der Waals surface area contributed by atoms with Gasteiger partial charge in [0, 0.05) is 23.6 Å². The van der Waals surface area contributed by atoms with Crippen molar-refractivity contribution in [3.8, 4) is 0 Å². The van der Waals surface area contributed by atoms with E-state index in [9.17, 15) is 0 Å². The van der Waals surface area contributed by atoms with Crippen LogP contribution in [-0.4, -0.2) is 4.57 Å². The highest BCUT2D eigenvalue weighted by Crippen LogP contribution is 2.16. The summed E-state index contributed by atoms with van der Waals surface area (Å²) in [5.74, 6) is 0. The second-order valence-electron chi connectivity index (χ2n) is 3.90. The average molecular weight is 206 g/mol. The van der Waals surface area contributed by atoms with E-state index < -0.39 is 0 Å². The summed E-state index contributed by atoms with van der Waals surface area (Å²) in [4.78, 5) is 0. The van der Waals surface area contributed by atoms with Gasteiger partial charge in [-0.2, -0.15) is 0 Å². The molecule has 0 aliphatic carbocycles. The molecular weight excluding hydrogens is 194 g/mol. The van der Waals surface area contributed by atoms with Crippen molar-refractivity contribution in [2.24, 2.45) is 0 Å². The van der Waals surface area contributed by atoms with Gasteiger partial charge in [0.25, 0.3) is 0 Å². The van der Waals surface area contributed by atoms with E-state index in [1.54, 1.807) is 0 Å². The summed E-state index contributed by atoms with van der Waals surface area (Å²) < 4.78 is 2.25. The summed E-state index contributed by atoms with van der Waals surface area (Å²) in [7, 11) is 0. The van der Waals surface area contributed by atoms with Crippen molar-refractivity contribution in [2.45, 2.75) is 6.54 Å². The van der Waals surface area contributed by atoms with Gasteiger partial charge in [0.1, 0.15) is 0 Å². The van der Waals surface area contributed by atoms with E-state index in [4.69, 9.17) is 0 Å². The van der Waals surface area contributed by atoms with E-state index in [1.165, 1.54) is 16.5 Å². The van der Waals surface area contributed by atoms with Gasteiger partial charge in [0.05, 0.1) is 0 Å². The molecule has 1 heterocycles. The minimum atomic E-state index is 0.919. The molecule has 0 fully saturated rings. The molecule has 77 valence electrons. The second kappa shape index (κ2) is 3.86. The highest BCUT2D eigenvalue weighted by molar-refractivity contribution is 5.79. The van der Waals surface area contributed by atoms with Crippen molar-refractivity contribution < 1.29 is 0 Å². The van der Waals surface area contributed by atoms with Crippen LogP contribution in [-0.2, 0) is 6.54 Å². The molecular formula is C15H12N. The largest absolute Gasteiger partial charge is 0.343 e. The molecule has 0 atom stereocenters. The van der Waals surface area contributed by atoms with E-state index in [0.29, 0.717) is 0 Å². The van der Waals surface area contributed by atoms with Crippen LogP contribution in [0.1, 0.15) is 5.56 Å². The topological polar surface area (TPSA) is 4.93 Å². The molecule has 3 rings (SSSR count). The van der Waals surface area contributed by atoms with E-state index in [0.717, 1.165) is 6.54 Å². The zero-order valence-electron chi connectivity index (χ0n) is 8.93. The Labute approximate surface area is 95.0 Å². The fourth-order valence-electron chi connectivity index (χ4n) is 1.99. The van der Waals surface area contributed by atoms with Crippen LogP contribution in [0.4, 0.5) is 0 Å². The first-order valence-corrected chi connectivity index (χ1v) is 5.43. The number of fused-ring (bicyclic) bond motifs is 1. The van der Waals surface area contributed by atoms with Crippen molar-refractivity contribution in [3.63, 3.8) is 0 Å². The number of aromatic nitrogens is 1. The maximum absolute atomic E-state index is 3.24. The quantitative estimate of drug-likeness (QED) is 0.605. The van der Waals surface area contributed by atoms with Gasteiger partial charge >= 0.3 is 0 Å². The summed E-state index contributed by atoms with van der Waals surface area (Å²) in [5, 5.41) is 1.18. The summed E-state index contributed by atoms with van der Waals surface area (Å²) in [6.07, 6.45) is 2.12. The van der Waals surface area contributed by atoms with Gasteiger partial charge < -0.3 is 4.57 Å². The van der Waals surface area contributed by atoms with Crippen LogP contribution in [0.2, 0.25) is 0 Å². The Bertz CT molecular complexity index is 593. The van der Waals surface area contributed by atoms with Crippen molar-refractivity contribution in [2.75, 3.05) is 0 Å². The van der Waals surface area contributed by atoms with Gasteiger partial charge in [0.2, 0.25) is 0 Å².